The molecule has 19 heavy (non-hydrogen) atoms. The molecule has 0 unspecified atom stereocenters. The second kappa shape index (κ2) is 4.20. The molecule has 94 valence electrons. The number of rotatable bonds is 1. The molecule has 0 spiro atoms. The molecule has 0 atom stereocenters. The Morgan fingerprint density at radius 2 is 1.63 bits per heavy atom. The normalized spacial score (nSPS) is 13.3. The van der Waals surface area contributed by atoms with Crippen LogP contribution >= 0.6 is 15.9 Å². The Kier molecular flexibility index (Phi) is 2.64. The van der Waals surface area contributed by atoms with E-state index in [1.807, 2.05) is 30.3 Å². The highest BCUT2D eigenvalue weighted by atomic mass is 79.9. The molecule has 0 radical (unpaired) electrons. The zero-order chi connectivity index (χ0) is 13.6. The van der Waals surface area contributed by atoms with Gasteiger partial charge in [0.25, 0.3) is 11.8 Å². The maximum atomic E-state index is 11.8. The van der Waals surface area contributed by atoms with Gasteiger partial charge in [-0.3, -0.25) is 14.9 Å². The average molecular weight is 317 g/mol. The fourth-order valence-electron chi connectivity index (χ4n) is 2.21. The molecule has 0 aliphatic carbocycles. The lowest BCUT2D eigenvalue weighted by atomic mass is 9.97. The van der Waals surface area contributed by atoms with E-state index >= 15 is 0 Å². The zero-order valence-corrected chi connectivity index (χ0v) is 11.3. The quantitative estimate of drug-likeness (QED) is 0.627. The summed E-state index contributed by atoms with van der Waals surface area (Å²) in [6.07, 6.45) is 0. The number of benzene rings is 2. The van der Waals surface area contributed by atoms with Gasteiger partial charge in [-0.2, -0.15) is 0 Å². The van der Waals surface area contributed by atoms with Gasteiger partial charge in [-0.1, -0.05) is 30.3 Å². The van der Waals surface area contributed by atoms with Crippen LogP contribution in [0, 0.1) is 0 Å². The molecule has 1 aliphatic heterocycles. The van der Waals surface area contributed by atoms with E-state index in [-0.39, 0.29) is 5.56 Å². The van der Waals surface area contributed by atoms with E-state index < -0.39 is 11.8 Å². The summed E-state index contributed by atoms with van der Waals surface area (Å²) in [7, 11) is 0. The van der Waals surface area contributed by atoms with Crippen LogP contribution in [0.3, 0.4) is 0 Å². The van der Waals surface area contributed by atoms with Gasteiger partial charge in [0.15, 0.2) is 0 Å². The smallest absolute Gasteiger partial charge is 0.261 e. The number of nitrogen functional groups attached to an aromatic ring is 1. The maximum Gasteiger partial charge on any atom is 0.261 e. The fraction of sp³-hybridized carbons (Fsp3) is 0. The van der Waals surface area contributed by atoms with E-state index in [4.69, 9.17) is 5.73 Å². The molecule has 2 aromatic carbocycles. The Morgan fingerprint density at radius 3 is 2.32 bits per heavy atom. The molecule has 3 rings (SSSR count). The number of hydrogen-bond donors (Lipinski definition) is 2. The molecule has 0 saturated carbocycles. The van der Waals surface area contributed by atoms with Gasteiger partial charge in [0.1, 0.15) is 0 Å². The van der Waals surface area contributed by atoms with E-state index in [0.717, 1.165) is 11.1 Å². The molecule has 0 bridgehead atoms. The molecule has 5 heteroatoms. The van der Waals surface area contributed by atoms with Crippen molar-refractivity contribution in [2.45, 2.75) is 0 Å². The lowest BCUT2D eigenvalue weighted by Gasteiger charge is -2.10. The Labute approximate surface area is 117 Å². The van der Waals surface area contributed by atoms with E-state index in [0.29, 0.717) is 15.7 Å². The van der Waals surface area contributed by atoms with Crippen molar-refractivity contribution in [3.63, 3.8) is 0 Å². The molecule has 2 amide bonds. The lowest BCUT2D eigenvalue weighted by molar-refractivity contribution is 0.0880. The van der Waals surface area contributed by atoms with Gasteiger partial charge in [0.2, 0.25) is 0 Å². The minimum Gasteiger partial charge on any atom is -0.398 e. The monoisotopic (exact) mass is 316 g/mol. The number of carbonyl (C=O) groups is 2. The van der Waals surface area contributed by atoms with Crippen molar-refractivity contribution in [1.29, 1.82) is 0 Å². The molecular weight excluding hydrogens is 308 g/mol. The van der Waals surface area contributed by atoms with Gasteiger partial charge >= 0.3 is 0 Å². The van der Waals surface area contributed by atoms with Crippen LogP contribution in [0.5, 0.6) is 0 Å². The third-order valence-electron chi connectivity index (χ3n) is 3.09. The van der Waals surface area contributed by atoms with E-state index in [2.05, 4.69) is 21.2 Å². The number of hydrogen-bond acceptors (Lipinski definition) is 3. The summed E-state index contributed by atoms with van der Waals surface area (Å²) >= 11 is 3.33. The summed E-state index contributed by atoms with van der Waals surface area (Å²) in [5.74, 6) is -0.867. The standard InChI is InChI=1S/C14H9BrN2O2/c15-9-6-8(7-4-2-1-3-5-7)12(16)11-10(9)13(18)17-14(11)19/h1-6H,16H2,(H,17,18,19). The topological polar surface area (TPSA) is 72.2 Å². The van der Waals surface area contributed by atoms with Gasteiger partial charge in [-0.05, 0) is 27.6 Å². The highest BCUT2D eigenvalue weighted by Gasteiger charge is 2.32. The molecule has 2 aromatic rings. The van der Waals surface area contributed by atoms with Crippen molar-refractivity contribution in [2.24, 2.45) is 0 Å². The summed E-state index contributed by atoms with van der Waals surface area (Å²) in [5, 5.41) is 2.25. The minimum absolute atomic E-state index is 0.248. The van der Waals surface area contributed by atoms with Crippen LogP contribution in [-0.4, -0.2) is 11.8 Å². The first-order valence-electron chi connectivity index (χ1n) is 5.62. The van der Waals surface area contributed by atoms with Gasteiger partial charge in [0, 0.05) is 10.0 Å². The first-order chi connectivity index (χ1) is 9.09. The second-order valence-corrected chi connectivity index (χ2v) is 5.07. The first-order valence-corrected chi connectivity index (χ1v) is 6.42. The summed E-state index contributed by atoms with van der Waals surface area (Å²) in [6, 6.07) is 11.3. The Morgan fingerprint density at radius 1 is 1.00 bits per heavy atom. The van der Waals surface area contributed by atoms with Crippen molar-refractivity contribution < 1.29 is 9.59 Å². The summed E-state index contributed by atoms with van der Waals surface area (Å²) in [5.41, 5.74) is 8.57. The first kappa shape index (κ1) is 11.9. The summed E-state index contributed by atoms with van der Waals surface area (Å²) in [6.45, 7) is 0. The molecule has 1 aliphatic rings. The highest BCUT2D eigenvalue weighted by molar-refractivity contribution is 9.10. The highest BCUT2D eigenvalue weighted by Crippen LogP contribution is 2.37. The lowest BCUT2D eigenvalue weighted by Crippen LogP contribution is -2.20. The SMILES string of the molecule is Nc1c(-c2ccccc2)cc(Br)c2c1C(=O)NC2=O. The molecular formula is C14H9BrN2O2. The van der Waals surface area contributed by atoms with Crippen LogP contribution in [0.2, 0.25) is 0 Å². The van der Waals surface area contributed by atoms with Crippen molar-refractivity contribution in [3.05, 3.63) is 52.0 Å². The third kappa shape index (κ3) is 1.74. The average Bonchev–Trinajstić information content (AvgIpc) is 2.71. The number of halogens is 1. The molecule has 0 saturated heterocycles. The van der Waals surface area contributed by atoms with Crippen molar-refractivity contribution >= 4 is 33.4 Å². The molecule has 3 N–H and O–H groups in total. The minimum atomic E-state index is -0.448. The summed E-state index contributed by atoms with van der Waals surface area (Å²) < 4.78 is 0.568. The van der Waals surface area contributed by atoms with Gasteiger partial charge in [-0.25, -0.2) is 0 Å². The number of carbonyl (C=O) groups excluding carboxylic acids is 2. The fourth-order valence-corrected chi connectivity index (χ4v) is 2.82. The number of nitrogens with one attached hydrogen (secondary N) is 1. The van der Waals surface area contributed by atoms with E-state index in [9.17, 15) is 9.59 Å². The van der Waals surface area contributed by atoms with Crippen molar-refractivity contribution in [2.75, 3.05) is 5.73 Å². The van der Waals surface area contributed by atoms with Crippen LogP contribution in [-0.2, 0) is 0 Å². The molecule has 1 heterocycles. The molecule has 0 aromatic heterocycles. The molecule has 0 fully saturated rings. The number of amides is 2. The van der Waals surface area contributed by atoms with Gasteiger partial charge in [-0.15, -0.1) is 0 Å². The Balaban J connectivity index is 2.32. The number of fused-ring (bicyclic) bond motifs is 1. The van der Waals surface area contributed by atoms with Crippen LogP contribution < -0.4 is 11.1 Å². The van der Waals surface area contributed by atoms with E-state index in [1.165, 1.54) is 0 Å². The van der Waals surface area contributed by atoms with Crippen molar-refractivity contribution in [1.82, 2.24) is 5.32 Å². The predicted molar refractivity (Wildman–Crippen MR) is 75.8 cm³/mol. The molecule has 4 nitrogen and oxygen atoms in total. The van der Waals surface area contributed by atoms with Crippen LogP contribution in [0.15, 0.2) is 40.9 Å². The van der Waals surface area contributed by atoms with Crippen LogP contribution in [0.25, 0.3) is 11.1 Å². The maximum absolute atomic E-state index is 11.8. The number of imide groups is 1. The number of anilines is 1. The zero-order valence-electron chi connectivity index (χ0n) is 9.74. The van der Waals surface area contributed by atoms with Gasteiger partial charge < -0.3 is 5.73 Å². The van der Waals surface area contributed by atoms with Crippen molar-refractivity contribution in [3.8, 4) is 11.1 Å². The van der Waals surface area contributed by atoms with Crippen LogP contribution in [0.4, 0.5) is 5.69 Å². The summed E-state index contributed by atoms with van der Waals surface area (Å²) in [4.78, 5) is 23.5. The van der Waals surface area contributed by atoms with Crippen LogP contribution in [0.1, 0.15) is 20.7 Å². The third-order valence-corrected chi connectivity index (χ3v) is 3.71. The van der Waals surface area contributed by atoms with Gasteiger partial charge in [0.05, 0.1) is 16.8 Å². The largest absolute Gasteiger partial charge is 0.398 e. The number of nitrogens with two attached hydrogens (primary N) is 1. The Bertz CT molecular complexity index is 711. The predicted octanol–water partition coefficient (Wildman–Crippen LogP) is 2.58. The Hall–Kier alpha value is -2.14. The van der Waals surface area contributed by atoms with E-state index in [1.54, 1.807) is 6.07 Å². The second-order valence-electron chi connectivity index (χ2n) is 4.22.